The van der Waals surface area contributed by atoms with Gasteiger partial charge in [-0.1, -0.05) is 0 Å². The zero-order valence-electron chi connectivity index (χ0n) is 11.2. The Morgan fingerprint density at radius 1 is 1.37 bits per heavy atom. The zero-order valence-corrected chi connectivity index (χ0v) is 11.2. The van der Waals surface area contributed by atoms with E-state index in [1.807, 2.05) is 12.1 Å². The van der Waals surface area contributed by atoms with Crippen molar-refractivity contribution in [2.45, 2.75) is 25.6 Å². The number of nitrogen functional groups attached to an aromatic ring is 1. The molecule has 19 heavy (non-hydrogen) atoms. The van der Waals surface area contributed by atoms with Gasteiger partial charge in [-0.05, 0) is 25.6 Å². The predicted octanol–water partition coefficient (Wildman–Crippen LogP) is 1.36. The standard InChI is InChI=1S/C14H20N2O3/c1-16(13-2-3-17-8-13)6-10-4-12(15)5-11-7-18-9-19-14(10)11/h4-5,13H,2-3,6-9,15H2,1H3. The molecule has 0 aromatic heterocycles. The van der Waals surface area contributed by atoms with E-state index in [0.717, 1.165) is 48.7 Å². The largest absolute Gasteiger partial charge is 0.467 e. The Morgan fingerprint density at radius 2 is 2.26 bits per heavy atom. The van der Waals surface area contributed by atoms with E-state index in [9.17, 15) is 0 Å². The highest BCUT2D eigenvalue weighted by Gasteiger charge is 2.23. The molecule has 1 atom stereocenters. The van der Waals surface area contributed by atoms with Crippen LogP contribution in [0.5, 0.6) is 5.75 Å². The number of nitrogens with zero attached hydrogens (tertiary/aromatic N) is 1. The molecule has 1 aromatic rings. The molecule has 2 N–H and O–H groups in total. The Hall–Kier alpha value is -1.30. The SMILES string of the molecule is CN(Cc1cc(N)cc2c1OCOC2)C1CCOC1. The molecule has 1 unspecified atom stereocenters. The quantitative estimate of drug-likeness (QED) is 0.835. The summed E-state index contributed by atoms with van der Waals surface area (Å²) in [5.74, 6) is 0.936. The van der Waals surface area contributed by atoms with Gasteiger partial charge in [0.15, 0.2) is 6.79 Å². The first-order chi connectivity index (χ1) is 9.24. The molecule has 5 heteroatoms. The average Bonchev–Trinajstić information content (AvgIpc) is 2.92. The Balaban J connectivity index is 1.81. The van der Waals surface area contributed by atoms with E-state index in [1.54, 1.807) is 0 Å². The Kier molecular flexibility index (Phi) is 3.59. The van der Waals surface area contributed by atoms with Gasteiger partial charge in [0.1, 0.15) is 5.75 Å². The predicted molar refractivity (Wildman–Crippen MR) is 71.8 cm³/mol. The van der Waals surface area contributed by atoms with Gasteiger partial charge >= 0.3 is 0 Å². The molecule has 2 heterocycles. The van der Waals surface area contributed by atoms with Gasteiger partial charge in [0.25, 0.3) is 0 Å². The van der Waals surface area contributed by atoms with Crippen LogP contribution in [0.4, 0.5) is 5.69 Å². The Labute approximate surface area is 113 Å². The smallest absolute Gasteiger partial charge is 0.189 e. The van der Waals surface area contributed by atoms with Crippen LogP contribution in [-0.2, 0) is 22.6 Å². The second kappa shape index (κ2) is 5.36. The maximum atomic E-state index is 5.96. The highest BCUT2D eigenvalue weighted by atomic mass is 16.7. The number of hydrogen-bond acceptors (Lipinski definition) is 5. The molecule has 0 saturated carbocycles. The van der Waals surface area contributed by atoms with E-state index in [2.05, 4.69) is 11.9 Å². The number of hydrogen-bond donors (Lipinski definition) is 1. The molecule has 1 fully saturated rings. The van der Waals surface area contributed by atoms with Crippen molar-refractivity contribution >= 4 is 5.69 Å². The summed E-state index contributed by atoms with van der Waals surface area (Å²) in [6, 6.07) is 4.41. The van der Waals surface area contributed by atoms with Crippen LogP contribution in [0.25, 0.3) is 0 Å². The van der Waals surface area contributed by atoms with Crippen molar-refractivity contribution in [1.82, 2.24) is 4.90 Å². The lowest BCUT2D eigenvalue weighted by Crippen LogP contribution is -2.31. The van der Waals surface area contributed by atoms with Gasteiger partial charge in [0.2, 0.25) is 0 Å². The molecule has 0 amide bonds. The van der Waals surface area contributed by atoms with Gasteiger partial charge in [0, 0.05) is 36.0 Å². The lowest BCUT2D eigenvalue weighted by Gasteiger charge is -2.26. The fraction of sp³-hybridized carbons (Fsp3) is 0.571. The van der Waals surface area contributed by atoms with Crippen molar-refractivity contribution in [3.63, 3.8) is 0 Å². The van der Waals surface area contributed by atoms with Crippen LogP contribution in [-0.4, -0.2) is 38.0 Å². The number of likely N-dealkylation sites (N-methyl/N-ethyl adjacent to an activating group) is 1. The number of nitrogens with two attached hydrogens (primary N) is 1. The minimum absolute atomic E-state index is 0.320. The summed E-state index contributed by atoms with van der Waals surface area (Å²) < 4.78 is 16.4. The molecular weight excluding hydrogens is 244 g/mol. The van der Waals surface area contributed by atoms with Crippen LogP contribution in [0.15, 0.2) is 12.1 Å². The Bertz CT molecular complexity index is 458. The fourth-order valence-electron chi connectivity index (χ4n) is 2.71. The van der Waals surface area contributed by atoms with Gasteiger partial charge in [-0.3, -0.25) is 4.90 Å². The molecule has 3 rings (SSSR count). The van der Waals surface area contributed by atoms with Crippen LogP contribution in [0, 0.1) is 0 Å². The molecule has 2 aliphatic rings. The van der Waals surface area contributed by atoms with Crippen molar-refractivity contribution in [3.8, 4) is 5.75 Å². The van der Waals surface area contributed by atoms with Gasteiger partial charge in [-0.15, -0.1) is 0 Å². The summed E-state index contributed by atoms with van der Waals surface area (Å²) in [5.41, 5.74) is 8.89. The highest BCUT2D eigenvalue weighted by Crippen LogP contribution is 2.32. The van der Waals surface area contributed by atoms with Gasteiger partial charge in [-0.25, -0.2) is 0 Å². The third-order valence-electron chi connectivity index (χ3n) is 3.76. The lowest BCUT2D eigenvalue weighted by atomic mass is 10.1. The van der Waals surface area contributed by atoms with Crippen LogP contribution in [0.3, 0.4) is 0 Å². The third-order valence-corrected chi connectivity index (χ3v) is 3.76. The molecule has 0 radical (unpaired) electrons. The van der Waals surface area contributed by atoms with Crippen molar-refractivity contribution in [2.24, 2.45) is 0 Å². The van der Waals surface area contributed by atoms with Gasteiger partial charge in [-0.2, -0.15) is 0 Å². The van der Waals surface area contributed by atoms with Gasteiger partial charge in [0.05, 0.1) is 13.2 Å². The van der Waals surface area contributed by atoms with E-state index in [4.69, 9.17) is 19.9 Å². The molecular formula is C14H20N2O3. The van der Waals surface area contributed by atoms with Gasteiger partial charge < -0.3 is 19.9 Å². The summed E-state index contributed by atoms with van der Waals surface area (Å²) >= 11 is 0. The molecule has 2 aliphatic heterocycles. The van der Waals surface area contributed by atoms with Crippen LogP contribution < -0.4 is 10.5 Å². The summed E-state index contributed by atoms with van der Waals surface area (Å²) in [6.07, 6.45) is 1.09. The van der Waals surface area contributed by atoms with Crippen molar-refractivity contribution < 1.29 is 14.2 Å². The average molecular weight is 264 g/mol. The van der Waals surface area contributed by atoms with Crippen LogP contribution in [0.1, 0.15) is 17.5 Å². The molecule has 1 saturated heterocycles. The van der Waals surface area contributed by atoms with E-state index < -0.39 is 0 Å². The first-order valence-electron chi connectivity index (χ1n) is 6.64. The lowest BCUT2D eigenvalue weighted by molar-refractivity contribution is -0.0174. The van der Waals surface area contributed by atoms with Crippen LogP contribution in [0.2, 0.25) is 0 Å². The monoisotopic (exact) mass is 264 g/mol. The maximum Gasteiger partial charge on any atom is 0.189 e. The normalized spacial score (nSPS) is 22.3. The summed E-state index contributed by atoms with van der Waals surface area (Å²) in [5, 5.41) is 0. The Morgan fingerprint density at radius 3 is 3.05 bits per heavy atom. The highest BCUT2D eigenvalue weighted by molar-refractivity contribution is 5.53. The molecule has 1 aromatic carbocycles. The summed E-state index contributed by atoms with van der Waals surface area (Å²) in [4.78, 5) is 2.31. The van der Waals surface area contributed by atoms with Crippen molar-refractivity contribution in [1.29, 1.82) is 0 Å². The summed E-state index contributed by atoms with van der Waals surface area (Å²) in [6.45, 7) is 3.38. The number of rotatable bonds is 3. The summed E-state index contributed by atoms with van der Waals surface area (Å²) in [7, 11) is 2.12. The van der Waals surface area contributed by atoms with E-state index in [0.29, 0.717) is 19.4 Å². The number of ether oxygens (including phenoxy) is 3. The number of benzene rings is 1. The minimum Gasteiger partial charge on any atom is -0.467 e. The van der Waals surface area contributed by atoms with E-state index in [-0.39, 0.29) is 0 Å². The second-order valence-electron chi connectivity index (χ2n) is 5.21. The van der Waals surface area contributed by atoms with Crippen molar-refractivity contribution in [2.75, 3.05) is 32.8 Å². The van der Waals surface area contributed by atoms with E-state index in [1.165, 1.54) is 0 Å². The third kappa shape index (κ3) is 2.68. The first kappa shape index (κ1) is 12.7. The molecule has 104 valence electrons. The second-order valence-corrected chi connectivity index (χ2v) is 5.21. The first-order valence-corrected chi connectivity index (χ1v) is 6.64. The maximum absolute atomic E-state index is 5.96. The van der Waals surface area contributed by atoms with Crippen molar-refractivity contribution in [3.05, 3.63) is 23.3 Å². The number of fused-ring (bicyclic) bond motifs is 1. The molecule has 0 spiro atoms. The zero-order chi connectivity index (χ0) is 13.2. The fourth-order valence-corrected chi connectivity index (χ4v) is 2.71. The van der Waals surface area contributed by atoms with E-state index >= 15 is 0 Å². The number of anilines is 1. The molecule has 5 nitrogen and oxygen atoms in total. The minimum atomic E-state index is 0.320. The van der Waals surface area contributed by atoms with Crippen LogP contribution >= 0.6 is 0 Å². The topological polar surface area (TPSA) is 57.0 Å². The molecule has 0 aliphatic carbocycles. The molecule has 0 bridgehead atoms.